The van der Waals surface area contributed by atoms with E-state index >= 15 is 0 Å². The van der Waals surface area contributed by atoms with Gasteiger partial charge in [-0.05, 0) is 23.6 Å². The molecular weight excluding hydrogens is 384 g/mol. The Kier molecular flexibility index (Phi) is 5.49. The molecule has 3 aromatic rings. The number of carbonyl (C=O) groups excluding carboxylic acids is 2. The van der Waals surface area contributed by atoms with Crippen LogP contribution >= 0.6 is 11.3 Å². The van der Waals surface area contributed by atoms with Crippen LogP contribution in [0.2, 0.25) is 0 Å². The number of aromatic nitrogens is 1. The molecule has 2 heterocycles. The zero-order chi connectivity index (χ0) is 20.4. The summed E-state index contributed by atoms with van der Waals surface area (Å²) >= 11 is 1.44. The lowest BCUT2D eigenvalue weighted by Gasteiger charge is -2.32. The van der Waals surface area contributed by atoms with Crippen molar-refractivity contribution < 1.29 is 9.59 Å². The van der Waals surface area contributed by atoms with E-state index in [-0.39, 0.29) is 17.9 Å². The second kappa shape index (κ2) is 8.21. The maximum atomic E-state index is 12.7. The monoisotopic (exact) mass is 408 g/mol. The third kappa shape index (κ3) is 4.10. The van der Waals surface area contributed by atoms with Crippen LogP contribution in [0.5, 0.6) is 0 Å². The SMILES string of the molecule is CN(C)C(=O)N1CCC(C(=O)Nc2nc(-c3cccc4ccccc34)cs2)CC1. The normalized spacial score (nSPS) is 14.8. The number of fused-ring (bicyclic) bond motifs is 1. The Balaban J connectivity index is 1.42. The third-order valence-corrected chi connectivity index (χ3v) is 6.08. The maximum Gasteiger partial charge on any atom is 0.319 e. The van der Waals surface area contributed by atoms with Crippen LogP contribution in [0.1, 0.15) is 12.8 Å². The molecule has 4 rings (SSSR count). The lowest BCUT2D eigenvalue weighted by atomic mass is 9.96. The Labute approximate surface area is 174 Å². The first-order valence-electron chi connectivity index (χ1n) is 9.73. The molecule has 1 fully saturated rings. The fourth-order valence-corrected chi connectivity index (χ4v) is 4.44. The van der Waals surface area contributed by atoms with Gasteiger partial charge in [-0.3, -0.25) is 4.79 Å². The van der Waals surface area contributed by atoms with E-state index in [1.54, 1.807) is 23.9 Å². The molecule has 3 amide bonds. The van der Waals surface area contributed by atoms with Gasteiger partial charge >= 0.3 is 6.03 Å². The van der Waals surface area contributed by atoms with Gasteiger partial charge in [0.2, 0.25) is 5.91 Å². The van der Waals surface area contributed by atoms with E-state index in [2.05, 4.69) is 34.6 Å². The topological polar surface area (TPSA) is 65.5 Å². The Bertz CT molecular complexity index is 1030. The van der Waals surface area contributed by atoms with Gasteiger partial charge in [0.05, 0.1) is 5.69 Å². The molecule has 0 aliphatic carbocycles. The lowest BCUT2D eigenvalue weighted by molar-refractivity contribution is -0.121. The first kappa shape index (κ1) is 19.4. The molecule has 1 saturated heterocycles. The van der Waals surface area contributed by atoms with Crippen LogP contribution in [-0.4, -0.2) is 53.9 Å². The zero-order valence-electron chi connectivity index (χ0n) is 16.6. The molecule has 0 unspecified atom stereocenters. The molecule has 0 saturated carbocycles. The minimum atomic E-state index is -0.0916. The predicted octanol–water partition coefficient (Wildman–Crippen LogP) is 4.30. The highest BCUT2D eigenvalue weighted by atomic mass is 32.1. The van der Waals surface area contributed by atoms with Crippen molar-refractivity contribution >= 4 is 39.2 Å². The Hall–Kier alpha value is -2.93. The van der Waals surface area contributed by atoms with Crippen LogP contribution in [0, 0.1) is 5.92 Å². The summed E-state index contributed by atoms with van der Waals surface area (Å²) in [7, 11) is 3.49. The molecular formula is C22H24N4O2S. The summed E-state index contributed by atoms with van der Waals surface area (Å²) in [5, 5.41) is 7.89. The number of piperidine rings is 1. The van der Waals surface area contributed by atoms with E-state index in [9.17, 15) is 9.59 Å². The Morgan fingerprint density at radius 3 is 2.59 bits per heavy atom. The third-order valence-electron chi connectivity index (χ3n) is 5.32. The minimum absolute atomic E-state index is 0.00325. The van der Waals surface area contributed by atoms with Crippen LogP contribution < -0.4 is 5.32 Å². The van der Waals surface area contributed by atoms with Crippen molar-refractivity contribution in [2.45, 2.75) is 12.8 Å². The van der Waals surface area contributed by atoms with Crippen molar-refractivity contribution in [2.24, 2.45) is 5.92 Å². The highest BCUT2D eigenvalue weighted by Crippen LogP contribution is 2.31. The number of anilines is 1. The fourth-order valence-electron chi connectivity index (χ4n) is 3.73. The number of rotatable bonds is 3. The van der Waals surface area contributed by atoms with Crippen molar-refractivity contribution in [3.05, 3.63) is 47.8 Å². The van der Waals surface area contributed by atoms with Gasteiger partial charge in [0.1, 0.15) is 0 Å². The molecule has 0 bridgehead atoms. The van der Waals surface area contributed by atoms with Crippen LogP contribution in [-0.2, 0) is 4.79 Å². The van der Waals surface area contributed by atoms with E-state index in [0.29, 0.717) is 31.1 Å². The van der Waals surface area contributed by atoms with E-state index in [1.807, 2.05) is 23.6 Å². The van der Waals surface area contributed by atoms with E-state index in [0.717, 1.165) is 16.6 Å². The van der Waals surface area contributed by atoms with Gasteiger partial charge in [-0.2, -0.15) is 0 Å². The van der Waals surface area contributed by atoms with Gasteiger partial charge in [-0.1, -0.05) is 42.5 Å². The van der Waals surface area contributed by atoms with Gasteiger partial charge in [-0.15, -0.1) is 11.3 Å². The quantitative estimate of drug-likeness (QED) is 0.703. The molecule has 7 heteroatoms. The Morgan fingerprint density at radius 2 is 1.83 bits per heavy atom. The predicted molar refractivity (Wildman–Crippen MR) is 117 cm³/mol. The van der Waals surface area contributed by atoms with Crippen LogP contribution in [0.25, 0.3) is 22.0 Å². The first-order chi connectivity index (χ1) is 14.0. The highest BCUT2D eigenvalue weighted by molar-refractivity contribution is 7.14. The van der Waals surface area contributed by atoms with Gasteiger partial charge in [0.15, 0.2) is 5.13 Å². The Morgan fingerprint density at radius 1 is 1.10 bits per heavy atom. The maximum absolute atomic E-state index is 12.7. The molecule has 1 aromatic heterocycles. The van der Waals surface area contributed by atoms with Gasteiger partial charge in [0, 0.05) is 44.0 Å². The first-order valence-corrected chi connectivity index (χ1v) is 10.6. The summed E-state index contributed by atoms with van der Waals surface area (Å²) in [5.41, 5.74) is 1.93. The highest BCUT2D eigenvalue weighted by Gasteiger charge is 2.28. The second-order valence-corrected chi connectivity index (χ2v) is 8.35. The summed E-state index contributed by atoms with van der Waals surface area (Å²) in [5.74, 6) is -0.105. The molecule has 0 atom stereocenters. The molecule has 6 nitrogen and oxygen atoms in total. The largest absolute Gasteiger partial charge is 0.331 e. The van der Waals surface area contributed by atoms with Crippen molar-refractivity contribution in [3.8, 4) is 11.3 Å². The van der Waals surface area contributed by atoms with Crippen molar-refractivity contribution in [3.63, 3.8) is 0 Å². The van der Waals surface area contributed by atoms with Gasteiger partial charge in [0.25, 0.3) is 0 Å². The molecule has 1 aliphatic heterocycles. The number of nitrogens with zero attached hydrogens (tertiary/aromatic N) is 3. The lowest BCUT2D eigenvalue weighted by Crippen LogP contribution is -2.45. The average molecular weight is 409 g/mol. The number of carbonyl (C=O) groups is 2. The molecule has 0 radical (unpaired) electrons. The molecule has 2 aromatic carbocycles. The van der Waals surface area contributed by atoms with E-state index in [1.165, 1.54) is 16.7 Å². The molecule has 1 aliphatic rings. The van der Waals surface area contributed by atoms with E-state index in [4.69, 9.17) is 0 Å². The smallest absolute Gasteiger partial charge is 0.319 e. The minimum Gasteiger partial charge on any atom is -0.331 e. The number of urea groups is 1. The molecule has 150 valence electrons. The van der Waals surface area contributed by atoms with Crippen molar-refractivity contribution in [1.82, 2.24) is 14.8 Å². The van der Waals surface area contributed by atoms with Crippen LogP contribution in [0.3, 0.4) is 0 Å². The van der Waals surface area contributed by atoms with Gasteiger partial charge in [-0.25, -0.2) is 9.78 Å². The zero-order valence-corrected chi connectivity index (χ0v) is 17.4. The van der Waals surface area contributed by atoms with Crippen molar-refractivity contribution in [1.29, 1.82) is 0 Å². The van der Waals surface area contributed by atoms with Crippen molar-refractivity contribution in [2.75, 3.05) is 32.5 Å². The number of benzene rings is 2. The number of nitrogens with one attached hydrogen (secondary N) is 1. The molecule has 1 N–H and O–H groups in total. The molecule has 29 heavy (non-hydrogen) atoms. The number of hydrogen-bond acceptors (Lipinski definition) is 4. The average Bonchev–Trinajstić information content (AvgIpc) is 3.21. The van der Waals surface area contributed by atoms with E-state index < -0.39 is 0 Å². The van der Waals surface area contributed by atoms with Crippen LogP contribution in [0.4, 0.5) is 9.93 Å². The summed E-state index contributed by atoms with van der Waals surface area (Å²) in [6, 6.07) is 14.4. The number of hydrogen-bond donors (Lipinski definition) is 1. The van der Waals surface area contributed by atoms with Gasteiger partial charge < -0.3 is 15.1 Å². The second-order valence-electron chi connectivity index (χ2n) is 7.49. The number of thiazole rings is 1. The summed E-state index contributed by atoms with van der Waals surface area (Å²) in [4.78, 5) is 32.7. The number of amides is 3. The summed E-state index contributed by atoms with van der Waals surface area (Å²) < 4.78 is 0. The van der Waals surface area contributed by atoms with Crippen LogP contribution in [0.15, 0.2) is 47.8 Å². The molecule has 0 spiro atoms. The summed E-state index contributed by atoms with van der Waals surface area (Å²) in [6.45, 7) is 1.21. The number of likely N-dealkylation sites (tertiary alicyclic amines) is 1. The fraction of sp³-hybridized carbons (Fsp3) is 0.318. The summed E-state index contributed by atoms with van der Waals surface area (Å²) in [6.07, 6.45) is 1.35. The standard InChI is InChI=1S/C22H24N4O2S/c1-25(2)22(28)26-12-10-16(11-13-26)20(27)24-21-23-19(14-29-21)18-9-5-7-15-6-3-4-8-17(15)18/h3-9,14,16H,10-13H2,1-2H3,(H,23,24,27).